The second kappa shape index (κ2) is 9.26. The lowest BCUT2D eigenvalue weighted by Gasteiger charge is -2.38. The summed E-state index contributed by atoms with van der Waals surface area (Å²) in [4.78, 5) is 33.5. The standard InChI is InChI=1S/C27H32N4O4/c1-27(20-11-13-30(14-12-20)16-19-15-28-22-9-5-4-8-21(19)22)25(32)31(26(33)29-27)17-18-7-6-10-23(34-2)24(18)35-3/h4-10,15,20,28H,11-14,16-17H2,1-3H3,(H,29,33)/t27-/m1/s1. The molecule has 2 N–H and O–H groups in total. The summed E-state index contributed by atoms with van der Waals surface area (Å²) in [6.07, 6.45) is 3.78. The molecule has 2 aromatic carbocycles. The molecule has 184 valence electrons. The van der Waals surface area contributed by atoms with Crippen LogP contribution in [0, 0.1) is 5.92 Å². The molecule has 0 bridgehead atoms. The van der Waals surface area contributed by atoms with Gasteiger partial charge in [0.1, 0.15) is 5.54 Å². The number of methoxy groups -OCH3 is 2. The molecule has 0 spiro atoms. The zero-order chi connectivity index (χ0) is 24.6. The Bertz CT molecular complexity index is 1250. The Labute approximate surface area is 205 Å². The Morgan fingerprint density at radius 1 is 0.971 bits per heavy atom. The highest BCUT2D eigenvalue weighted by atomic mass is 16.5. The third-order valence-electron chi connectivity index (χ3n) is 7.59. The van der Waals surface area contributed by atoms with Gasteiger partial charge in [-0.25, -0.2) is 4.79 Å². The summed E-state index contributed by atoms with van der Waals surface area (Å²) in [5.74, 6) is 1.01. The number of imide groups is 1. The molecular weight excluding hydrogens is 444 g/mol. The van der Waals surface area contributed by atoms with Crippen LogP contribution in [-0.2, 0) is 17.9 Å². The molecule has 0 saturated carbocycles. The average Bonchev–Trinajstić information content (AvgIpc) is 3.38. The number of ether oxygens (including phenoxy) is 2. The summed E-state index contributed by atoms with van der Waals surface area (Å²) in [5.41, 5.74) is 2.26. The Hall–Kier alpha value is -3.52. The zero-order valence-electron chi connectivity index (χ0n) is 20.5. The van der Waals surface area contributed by atoms with E-state index < -0.39 is 5.54 Å². The summed E-state index contributed by atoms with van der Waals surface area (Å²) in [5, 5.41) is 4.27. The molecule has 1 atom stereocenters. The highest BCUT2D eigenvalue weighted by Crippen LogP contribution is 2.37. The number of nitrogens with one attached hydrogen (secondary N) is 2. The van der Waals surface area contributed by atoms with Crippen molar-refractivity contribution >= 4 is 22.8 Å². The average molecular weight is 477 g/mol. The van der Waals surface area contributed by atoms with E-state index >= 15 is 0 Å². The lowest BCUT2D eigenvalue weighted by Crippen LogP contribution is -2.53. The Balaban J connectivity index is 1.25. The molecule has 2 fully saturated rings. The quantitative estimate of drug-likeness (QED) is 0.505. The fourth-order valence-electron chi connectivity index (χ4n) is 5.56. The van der Waals surface area contributed by atoms with Gasteiger partial charge in [-0.3, -0.25) is 14.6 Å². The van der Waals surface area contributed by atoms with Crippen molar-refractivity contribution in [3.05, 3.63) is 59.8 Å². The van der Waals surface area contributed by atoms with Crippen LogP contribution in [0.1, 0.15) is 30.9 Å². The number of hydrogen-bond donors (Lipinski definition) is 2. The molecule has 35 heavy (non-hydrogen) atoms. The number of H-pyrrole nitrogens is 1. The van der Waals surface area contributed by atoms with Gasteiger partial charge in [0.25, 0.3) is 5.91 Å². The molecule has 0 radical (unpaired) electrons. The Morgan fingerprint density at radius 3 is 2.49 bits per heavy atom. The fourth-order valence-corrected chi connectivity index (χ4v) is 5.56. The first-order valence-electron chi connectivity index (χ1n) is 12.1. The van der Waals surface area contributed by atoms with Crippen molar-refractivity contribution in [3.8, 4) is 11.5 Å². The number of hydrogen-bond acceptors (Lipinski definition) is 5. The van der Waals surface area contributed by atoms with E-state index in [1.165, 1.54) is 15.8 Å². The molecule has 2 saturated heterocycles. The van der Waals surface area contributed by atoms with E-state index in [-0.39, 0.29) is 24.4 Å². The normalized spacial score (nSPS) is 21.5. The summed E-state index contributed by atoms with van der Waals surface area (Å²) in [6, 6.07) is 13.5. The van der Waals surface area contributed by atoms with E-state index in [4.69, 9.17) is 9.47 Å². The van der Waals surface area contributed by atoms with Crippen molar-refractivity contribution in [1.82, 2.24) is 20.1 Å². The molecule has 0 unspecified atom stereocenters. The first kappa shape index (κ1) is 23.2. The number of piperidine rings is 1. The fraction of sp³-hybridized carbons (Fsp3) is 0.407. The van der Waals surface area contributed by atoms with Crippen LogP contribution < -0.4 is 14.8 Å². The minimum atomic E-state index is -0.907. The number of aromatic nitrogens is 1. The molecule has 3 heterocycles. The van der Waals surface area contributed by atoms with Gasteiger partial charge in [0, 0.05) is 29.2 Å². The number of likely N-dealkylation sites (tertiary alicyclic amines) is 1. The predicted octanol–water partition coefficient (Wildman–Crippen LogP) is 3.91. The number of rotatable bonds is 7. The van der Waals surface area contributed by atoms with Crippen LogP contribution in [0.3, 0.4) is 0 Å². The number of benzene rings is 2. The molecule has 3 amide bonds. The van der Waals surface area contributed by atoms with Crippen molar-refractivity contribution in [1.29, 1.82) is 0 Å². The Kier molecular flexibility index (Phi) is 6.15. The third kappa shape index (κ3) is 4.12. The minimum absolute atomic E-state index is 0.0790. The van der Waals surface area contributed by atoms with Crippen molar-refractivity contribution in [2.45, 2.75) is 38.4 Å². The van der Waals surface area contributed by atoms with E-state index in [1.54, 1.807) is 20.3 Å². The molecule has 2 aliphatic heterocycles. The monoisotopic (exact) mass is 476 g/mol. The summed E-state index contributed by atoms with van der Waals surface area (Å²) >= 11 is 0. The molecule has 1 aromatic heterocycles. The smallest absolute Gasteiger partial charge is 0.325 e. The first-order valence-corrected chi connectivity index (χ1v) is 12.1. The number of carbonyl (C=O) groups excluding carboxylic acids is 2. The number of aromatic amines is 1. The summed E-state index contributed by atoms with van der Waals surface area (Å²) in [7, 11) is 3.12. The van der Waals surface area contributed by atoms with Crippen LogP contribution in [0.5, 0.6) is 11.5 Å². The van der Waals surface area contributed by atoms with Crippen LogP contribution in [0.4, 0.5) is 4.79 Å². The number of amides is 3. The number of urea groups is 1. The maximum absolute atomic E-state index is 13.5. The zero-order valence-corrected chi connectivity index (χ0v) is 20.5. The molecule has 5 rings (SSSR count). The number of fused-ring (bicyclic) bond motifs is 1. The van der Waals surface area contributed by atoms with Crippen LogP contribution in [0.25, 0.3) is 10.9 Å². The molecule has 8 nitrogen and oxygen atoms in total. The third-order valence-corrected chi connectivity index (χ3v) is 7.59. The summed E-state index contributed by atoms with van der Waals surface area (Å²) in [6.45, 7) is 4.64. The molecule has 2 aliphatic rings. The lowest BCUT2D eigenvalue weighted by atomic mass is 9.79. The number of nitrogens with zero attached hydrogens (tertiary/aromatic N) is 2. The second-order valence-corrected chi connectivity index (χ2v) is 9.59. The summed E-state index contributed by atoms with van der Waals surface area (Å²) < 4.78 is 10.9. The number of para-hydroxylation sites is 2. The molecule has 3 aromatic rings. The Morgan fingerprint density at radius 2 is 1.74 bits per heavy atom. The largest absolute Gasteiger partial charge is 0.493 e. The van der Waals surface area contributed by atoms with Gasteiger partial charge >= 0.3 is 6.03 Å². The molecule has 0 aliphatic carbocycles. The first-order chi connectivity index (χ1) is 16.9. The van der Waals surface area contributed by atoms with Gasteiger partial charge < -0.3 is 19.8 Å². The van der Waals surface area contributed by atoms with Crippen molar-refractivity contribution in [2.24, 2.45) is 5.92 Å². The maximum atomic E-state index is 13.5. The highest BCUT2D eigenvalue weighted by molar-refractivity contribution is 6.07. The van der Waals surface area contributed by atoms with Gasteiger partial charge in [0.2, 0.25) is 0 Å². The van der Waals surface area contributed by atoms with Gasteiger partial charge in [-0.15, -0.1) is 0 Å². The predicted molar refractivity (Wildman–Crippen MR) is 133 cm³/mol. The van der Waals surface area contributed by atoms with Crippen LogP contribution >= 0.6 is 0 Å². The van der Waals surface area contributed by atoms with Gasteiger partial charge in [-0.1, -0.05) is 30.3 Å². The van der Waals surface area contributed by atoms with Crippen LogP contribution in [0.2, 0.25) is 0 Å². The van der Waals surface area contributed by atoms with E-state index in [0.717, 1.165) is 43.6 Å². The van der Waals surface area contributed by atoms with Crippen molar-refractivity contribution in [3.63, 3.8) is 0 Å². The second-order valence-electron chi connectivity index (χ2n) is 9.59. The van der Waals surface area contributed by atoms with E-state index in [0.29, 0.717) is 11.5 Å². The van der Waals surface area contributed by atoms with E-state index in [9.17, 15) is 9.59 Å². The number of carbonyl (C=O) groups is 2. The maximum Gasteiger partial charge on any atom is 0.325 e. The van der Waals surface area contributed by atoms with Gasteiger partial charge in [0.15, 0.2) is 11.5 Å². The SMILES string of the molecule is COc1cccc(CN2C(=O)N[C@](C)(C3CCN(Cc4c[nH]c5ccccc45)CC3)C2=O)c1OC. The topological polar surface area (TPSA) is 86.9 Å². The van der Waals surface area contributed by atoms with Crippen LogP contribution in [0.15, 0.2) is 48.7 Å². The van der Waals surface area contributed by atoms with E-state index in [2.05, 4.69) is 39.6 Å². The minimum Gasteiger partial charge on any atom is -0.493 e. The van der Waals surface area contributed by atoms with Gasteiger partial charge in [-0.2, -0.15) is 0 Å². The molecular formula is C27H32N4O4. The lowest BCUT2D eigenvalue weighted by molar-refractivity contribution is -0.133. The highest BCUT2D eigenvalue weighted by Gasteiger charge is 2.52. The van der Waals surface area contributed by atoms with Gasteiger partial charge in [-0.05, 0) is 56.5 Å². The van der Waals surface area contributed by atoms with Crippen LogP contribution in [-0.4, -0.2) is 59.6 Å². The van der Waals surface area contributed by atoms with Gasteiger partial charge in [0.05, 0.1) is 20.8 Å². The van der Waals surface area contributed by atoms with Crippen molar-refractivity contribution in [2.75, 3.05) is 27.3 Å². The van der Waals surface area contributed by atoms with Crippen molar-refractivity contribution < 1.29 is 19.1 Å². The van der Waals surface area contributed by atoms with E-state index in [1.807, 2.05) is 25.1 Å². The molecule has 8 heteroatoms.